The highest BCUT2D eigenvalue weighted by Gasteiger charge is 2.14. The third-order valence-corrected chi connectivity index (χ3v) is 4.58. The number of aryl methyl sites for hydroxylation is 1. The molecule has 5 heteroatoms. The van der Waals surface area contributed by atoms with Crippen molar-refractivity contribution in [2.75, 3.05) is 18.8 Å². The number of hydrogen-bond acceptors (Lipinski definition) is 3. The molecule has 2 aromatic carbocycles. The molecule has 0 aromatic heterocycles. The number of nitrogens with two attached hydrogens (primary N) is 1. The largest absolute Gasteiger partial charge is 0.338 e. The molecule has 2 rings (SSSR count). The van der Waals surface area contributed by atoms with Crippen LogP contribution in [0, 0.1) is 6.92 Å². The summed E-state index contributed by atoms with van der Waals surface area (Å²) >= 11 is 1.59. The van der Waals surface area contributed by atoms with Crippen molar-refractivity contribution in [3.63, 3.8) is 0 Å². The number of nitrogens with zero attached hydrogens (tertiary/aromatic N) is 1. The van der Waals surface area contributed by atoms with Gasteiger partial charge in [0.05, 0.1) is 5.75 Å². The van der Waals surface area contributed by atoms with Crippen LogP contribution < -0.4 is 5.73 Å². The molecule has 1 amide bonds. The fourth-order valence-corrected chi connectivity index (χ4v) is 3.05. The lowest BCUT2D eigenvalue weighted by molar-refractivity contribution is -0.129. The number of thioether (sulfide) groups is 1. The van der Waals surface area contributed by atoms with Crippen LogP contribution in [-0.2, 0) is 11.3 Å². The van der Waals surface area contributed by atoms with Gasteiger partial charge in [-0.1, -0.05) is 48.0 Å². The molecule has 0 saturated carbocycles. The number of benzene rings is 2. The first kappa shape index (κ1) is 20.6. The Kier molecular flexibility index (Phi) is 9.53. The van der Waals surface area contributed by atoms with Crippen molar-refractivity contribution in [2.45, 2.75) is 24.8 Å². The van der Waals surface area contributed by atoms with E-state index in [0.29, 0.717) is 25.4 Å². The molecule has 0 saturated heterocycles. The molecule has 130 valence electrons. The molecule has 0 atom stereocenters. The topological polar surface area (TPSA) is 46.3 Å². The lowest BCUT2D eigenvalue weighted by atomic mass is 10.2. The molecule has 0 fully saturated rings. The van der Waals surface area contributed by atoms with Gasteiger partial charge >= 0.3 is 0 Å². The molecule has 0 spiro atoms. The van der Waals surface area contributed by atoms with E-state index < -0.39 is 0 Å². The Hall–Kier alpha value is -1.49. The summed E-state index contributed by atoms with van der Waals surface area (Å²) in [6.07, 6.45) is 0.827. The minimum Gasteiger partial charge on any atom is -0.338 e. The third-order valence-electron chi connectivity index (χ3n) is 3.58. The summed E-state index contributed by atoms with van der Waals surface area (Å²) in [5.41, 5.74) is 7.99. The molecule has 0 aliphatic heterocycles. The Bertz CT molecular complexity index is 605. The lowest BCUT2D eigenvalue weighted by Crippen LogP contribution is -2.33. The summed E-state index contributed by atoms with van der Waals surface area (Å²) in [6, 6.07) is 18.4. The van der Waals surface area contributed by atoms with Crippen molar-refractivity contribution in [3.8, 4) is 0 Å². The van der Waals surface area contributed by atoms with E-state index >= 15 is 0 Å². The van der Waals surface area contributed by atoms with E-state index in [0.717, 1.165) is 16.9 Å². The van der Waals surface area contributed by atoms with Crippen molar-refractivity contribution in [2.24, 2.45) is 5.73 Å². The van der Waals surface area contributed by atoms with Crippen LogP contribution in [0.4, 0.5) is 0 Å². The first-order valence-electron chi connectivity index (χ1n) is 7.90. The van der Waals surface area contributed by atoms with Crippen LogP contribution >= 0.6 is 24.2 Å². The Morgan fingerprint density at radius 2 is 1.75 bits per heavy atom. The van der Waals surface area contributed by atoms with Gasteiger partial charge in [0.25, 0.3) is 0 Å². The maximum atomic E-state index is 12.6. The number of hydrogen-bond donors (Lipinski definition) is 1. The minimum atomic E-state index is 0. The van der Waals surface area contributed by atoms with Crippen molar-refractivity contribution >= 4 is 30.1 Å². The Balaban J connectivity index is 0.00000288. The molecule has 0 aliphatic rings. The summed E-state index contributed by atoms with van der Waals surface area (Å²) in [7, 11) is 0. The first-order valence-corrected chi connectivity index (χ1v) is 8.89. The van der Waals surface area contributed by atoms with Gasteiger partial charge in [-0.2, -0.15) is 0 Å². The third kappa shape index (κ3) is 6.95. The van der Waals surface area contributed by atoms with E-state index in [1.54, 1.807) is 11.8 Å². The molecule has 2 N–H and O–H groups in total. The zero-order chi connectivity index (χ0) is 16.5. The molecule has 3 nitrogen and oxygen atoms in total. The summed E-state index contributed by atoms with van der Waals surface area (Å²) in [6.45, 7) is 4.02. The predicted octanol–water partition coefficient (Wildman–Crippen LogP) is 3.89. The molecule has 0 unspecified atom stereocenters. The molecular formula is C19H25ClN2OS. The number of carbonyl (C=O) groups excluding carboxylic acids is 1. The Labute approximate surface area is 155 Å². The lowest BCUT2D eigenvalue weighted by Gasteiger charge is -2.22. The van der Waals surface area contributed by atoms with E-state index in [4.69, 9.17) is 5.73 Å². The van der Waals surface area contributed by atoms with Gasteiger partial charge in [-0.25, -0.2) is 0 Å². The predicted molar refractivity (Wildman–Crippen MR) is 105 cm³/mol. The van der Waals surface area contributed by atoms with Gasteiger partial charge < -0.3 is 10.6 Å². The fraction of sp³-hybridized carbons (Fsp3) is 0.316. The zero-order valence-corrected chi connectivity index (χ0v) is 15.6. The minimum absolute atomic E-state index is 0. The molecule has 0 aliphatic carbocycles. The van der Waals surface area contributed by atoms with Crippen LogP contribution in [0.1, 0.15) is 17.5 Å². The van der Waals surface area contributed by atoms with Crippen molar-refractivity contribution in [1.29, 1.82) is 0 Å². The van der Waals surface area contributed by atoms with Gasteiger partial charge in [-0.3, -0.25) is 4.79 Å². The second-order valence-corrected chi connectivity index (χ2v) is 6.59. The molecule has 0 heterocycles. The van der Waals surface area contributed by atoms with E-state index in [2.05, 4.69) is 43.3 Å². The number of rotatable bonds is 8. The Morgan fingerprint density at radius 1 is 1.08 bits per heavy atom. The molecule has 2 aromatic rings. The number of halogens is 1. The van der Waals surface area contributed by atoms with Gasteiger partial charge in [0, 0.05) is 18.0 Å². The Morgan fingerprint density at radius 3 is 2.38 bits per heavy atom. The summed E-state index contributed by atoms with van der Waals surface area (Å²) in [5.74, 6) is 0.619. The monoisotopic (exact) mass is 364 g/mol. The number of carbonyl (C=O) groups is 1. The molecule has 0 bridgehead atoms. The first-order chi connectivity index (χ1) is 11.2. The summed E-state index contributed by atoms with van der Waals surface area (Å²) in [5, 5.41) is 0. The van der Waals surface area contributed by atoms with Gasteiger partial charge in [-0.15, -0.1) is 24.2 Å². The average molecular weight is 365 g/mol. The maximum Gasteiger partial charge on any atom is 0.233 e. The van der Waals surface area contributed by atoms with Gasteiger partial charge in [-0.05, 0) is 37.6 Å². The van der Waals surface area contributed by atoms with Crippen LogP contribution in [0.2, 0.25) is 0 Å². The average Bonchev–Trinajstić information content (AvgIpc) is 2.58. The van der Waals surface area contributed by atoms with Crippen LogP contribution in [0.5, 0.6) is 0 Å². The van der Waals surface area contributed by atoms with Crippen molar-refractivity contribution in [3.05, 3.63) is 65.7 Å². The van der Waals surface area contributed by atoms with E-state index in [1.165, 1.54) is 5.56 Å². The van der Waals surface area contributed by atoms with E-state index in [9.17, 15) is 4.79 Å². The molecule has 24 heavy (non-hydrogen) atoms. The van der Waals surface area contributed by atoms with Gasteiger partial charge in [0.2, 0.25) is 5.91 Å². The van der Waals surface area contributed by atoms with E-state index in [-0.39, 0.29) is 18.3 Å². The second-order valence-electron chi connectivity index (χ2n) is 5.54. The van der Waals surface area contributed by atoms with Crippen LogP contribution in [-0.4, -0.2) is 29.6 Å². The van der Waals surface area contributed by atoms with Gasteiger partial charge in [0.15, 0.2) is 0 Å². The normalized spacial score (nSPS) is 10.1. The second kappa shape index (κ2) is 11.1. The number of amides is 1. The quantitative estimate of drug-likeness (QED) is 0.723. The SMILES string of the molecule is Cc1ccc(SCC(=O)N(CCCN)Cc2ccccc2)cc1.Cl. The molecular weight excluding hydrogens is 340 g/mol. The standard InChI is InChI=1S/C19H24N2OS.ClH/c1-16-8-10-18(11-9-16)23-15-19(22)21(13-5-12-20)14-17-6-3-2-4-7-17;/h2-4,6-11H,5,12-15,20H2,1H3;1H. The highest BCUT2D eigenvalue weighted by molar-refractivity contribution is 8.00. The summed E-state index contributed by atoms with van der Waals surface area (Å²) < 4.78 is 0. The highest BCUT2D eigenvalue weighted by atomic mass is 35.5. The highest BCUT2D eigenvalue weighted by Crippen LogP contribution is 2.19. The fourth-order valence-electron chi connectivity index (χ4n) is 2.25. The van der Waals surface area contributed by atoms with Crippen LogP contribution in [0.3, 0.4) is 0 Å². The van der Waals surface area contributed by atoms with E-state index in [1.807, 2.05) is 23.1 Å². The van der Waals surface area contributed by atoms with Crippen LogP contribution in [0.25, 0.3) is 0 Å². The van der Waals surface area contributed by atoms with Crippen molar-refractivity contribution in [1.82, 2.24) is 4.90 Å². The zero-order valence-electron chi connectivity index (χ0n) is 14.0. The maximum absolute atomic E-state index is 12.6. The van der Waals surface area contributed by atoms with Gasteiger partial charge in [0.1, 0.15) is 0 Å². The smallest absolute Gasteiger partial charge is 0.233 e. The van der Waals surface area contributed by atoms with Crippen LogP contribution in [0.15, 0.2) is 59.5 Å². The molecule has 0 radical (unpaired) electrons. The van der Waals surface area contributed by atoms with Crippen molar-refractivity contribution < 1.29 is 4.79 Å². The summed E-state index contributed by atoms with van der Waals surface area (Å²) in [4.78, 5) is 15.6.